The van der Waals surface area contributed by atoms with Crippen molar-refractivity contribution >= 4 is 11.9 Å². The van der Waals surface area contributed by atoms with Crippen LogP contribution in [0.5, 0.6) is 0 Å². The van der Waals surface area contributed by atoms with Gasteiger partial charge in [-0.1, -0.05) is 75.3 Å². The number of ether oxygens (including phenoxy) is 1. The van der Waals surface area contributed by atoms with E-state index in [0.29, 0.717) is 13.2 Å². The second-order valence-electron chi connectivity index (χ2n) is 5.93. The first-order valence-corrected chi connectivity index (χ1v) is 8.64. The van der Waals surface area contributed by atoms with Crippen molar-refractivity contribution < 1.29 is 14.3 Å². The zero-order valence-electron chi connectivity index (χ0n) is 14.4. The van der Waals surface area contributed by atoms with Gasteiger partial charge in [-0.05, 0) is 18.9 Å². The molecule has 0 aliphatic carbocycles. The quantitative estimate of drug-likeness (QED) is 0.404. The minimum atomic E-state index is -0.789. The standard InChI is InChI=1S/C19H29NO3/c1-3-4-5-6-7-8-9-14-23-19(22)18(21)20-15-17-12-10-16(2)11-13-17/h10-13H,3-9,14-15H2,1-2H3,(H,20,21). The molecule has 0 bridgehead atoms. The highest BCUT2D eigenvalue weighted by Crippen LogP contribution is 2.07. The van der Waals surface area contributed by atoms with Crippen LogP contribution in [0.1, 0.15) is 63.0 Å². The van der Waals surface area contributed by atoms with Gasteiger partial charge in [0.25, 0.3) is 0 Å². The fourth-order valence-electron chi connectivity index (χ4n) is 2.25. The Hall–Kier alpha value is -1.84. The highest BCUT2D eigenvalue weighted by Gasteiger charge is 2.14. The maximum Gasteiger partial charge on any atom is 0.396 e. The average Bonchev–Trinajstić information content (AvgIpc) is 2.56. The van der Waals surface area contributed by atoms with Crippen LogP contribution in [0.4, 0.5) is 0 Å². The van der Waals surface area contributed by atoms with Gasteiger partial charge in [-0.2, -0.15) is 0 Å². The number of carbonyl (C=O) groups excluding carboxylic acids is 2. The van der Waals surface area contributed by atoms with Crippen LogP contribution in [0.25, 0.3) is 0 Å². The number of amides is 1. The lowest BCUT2D eigenvalue weighted by Gasteiger charge is -2.06. The number of carbonyl (C=O) groups is 2. The lowest BCUT2D eigenvalue weighted by atomic mass is 10.1. The SMILES string of the molecule is CCCCCCCCCOC(=O)C(=O)NCc1ccc(C)cc1. The van der Waals surface area contributed by atoms with E-state index in [1.165, 1.54) is 25.7 Å². The summed E-state index contributed by atoms with van der Waals surface area (Å²) in [4.78, 5) is 23.2. The highest BCUT2D eigenvalue weighted by atomic mass is 16.5. The molecule has 0 saturated heterocycles. The van der Waals surface area contributed by atoms with Crippen LogP contribution in [0.2, 0.25) is 0 Å². The lowest BCUT2D eigenvalue weighted by Crippen LogP contribution is -2.32. The van der Waals surface area contributed by atoms with E-state index in [9.17, 15) is 9.59 Å². The number of aryl methyl sites for hydroxylation is 1. The Morgan fingerprint density at radius 1 is 0.957 bits per heavy atom. The zero-order chi connectivity index (χ0) is 16.9. The molecule has 0 radical (unpaired) electrons. The third-order valence-electron chi connectivity index (χ3n) is 3.74. The van der Waals surface area contributed by atoms with Gasteiger partial charge in [0.1, 0.15) is 0 Å². The van der Waals surface area contributed by atoms with Gasteiger partial charge in [0.2, 0.25) is 0 Å². The van der Waals surface area contributed by atoms with E-state index < -0.39 is 11.9 Å². The van der Waals surface area contributed by atoms with Gasteiger partial charge in [0.15, 0.2) is 0 Å². The highest BCUT2D eigenvalue weighted by molar-refractivity contribution is 6.32. The molecule has 0 aliphatic rings. The molecule has 0 fully saturated rings. The number of benzene rings is 1. The van der Waals surface area contributed by atoms with Crippen molar-refractivity contribution in [1.82, 2.24) is 5.32 Å². The summed E-state index contributed by atoms with van der Waals surface area (Å²) in [5.41, 5.74) is 2.12. The first-order chi connectivity index (χ1) is 11.1. The summed E-state index contributed by atoms with van der Waals surface area (Å²) >= 11 is 0. The van der Waals surface area contributed by atoms with Crippen molar-refractivity contribution in [1.29, 1.82) is 0 Å². The maximum absolute atomic E-state index is 11.6. The minimum Gasteiger partial charge on any atom is -0.459 e. The Morgan fingerprint density at radius 3 is 2.22 bits per heavy atom. The van der Waals surface area contributed by atoms with Crippen molar-refractivity contribution in [3.8, 4) is 0 Å². The third-order valence-corrected chi connectivity index (χ3v) is 3.74. The van der Waals surface area contributed by atoms with Gasteiger partial charge in [-0.15, -0.1) is 0 Å². The van der Waals surface area contributed by atoms with Crippen LogP contribution in [0, 0.1) is 6.92 Å². The third kappa shape index (κ3) is 9.01. The summed E-state index contributed by atoms with van der Waals surface area (Å²) < 4.78 is 4.99. The van der Waals surface area contributed by atoms with Crippen molar-refractivity contribution in [2.24, 2.45) is 0 Å². The Labute approximate surface area is 139 Å². The van der Waals surface area contributed by atoms with E-state index in [4.69, 9.17) is 4.74 Å². The van der Waals surface area contributed by atoms with E-state index in [-0.39, 0.29) is 0 Å². The molecule has 0 aliphatic heterocycles. The molecule has 1 amide bonds. The van der Waals surface area contributed by atoms with Crippen molar-refractivity contribution in [2.45, 2.75) is 65.3 Å². The number of rotatable bonds is 10. The van der Waals surface area contributed by atoms with Crippen LogP contribution >= 0.6 is 0 Å². The molecule has 1 aromatic carbocycles. The summed E-state index contributed by atoms with van der Waals surface area (Å²) in [6.45, 7) is 4.86. The summed E-state index contributed by atoms with van der Waals surface area (Å²) in [5, 5.41) is 2.58. The fraction of sp³-hybridized carbons (Fsp3) is 0.579. The topological polar surface area (TPSA) is 55.4 Å². The molecule has 4 nitrogen and oxygen atoms in total. The smallest absolute Gasteiger partial charge is 0.396 e. The monoisotopic (exact) mass is 319 g/mol. The van der Waals surface area contributed by atoms with Gasteiger partial charge >= 0.3 is 11.9 Å². The minimum absolute atomic E-state index is 0.324. The van der Waals surface area contributed by atoms with Crippen LogP contribution in [0.15, 0.2) is 24.3 Å². The normalized spacial score (nSPS) is 10.3. The number of nitrogens with one attached hydrogen (secondary N) is 1. The van der Waals surface area contributed by atoms with Crippen molar-refractivity contribution in [3.05, 3.63) is 35.4 Å². The molecule has 0 aromatic heterocycles. The largest absolute Gasteiger partial charge is 0.459 e. The second kappa shape index (κ2) is 11.7. The van der Waals surface area contributed by atoms with E-state index in [2.05, 4.69) is 12.2 Å². The molecule has 4 heteroatoms. The van der Waals surface area contributed by atoms with Gasteiger partial charge in [-0.3, -0.25) is 4.79 Å². The summed E-state index contributed by atoms with van der Waals surface area (Å²) in [6, 6.07) is 7.81. The second-order valence-corrected chi connectivity index (χ2v) is 5.93. The zero-order valence-corrected chi connectivity index (χ0v) is 14.4. The molecule has 0 spiro atoms. The van der Waals surface area contributed by atoms with Crippen molar-refractivity contribution in [3.63, 3.8) is 0 Å². The molecule has 23 heavy (non-hydrogen) atoms. The molecule has 0 saturated carbocycles. The Kier molecular flexibility index (Phi) is 9.76. The molecule has 1 N–H and O–H groups in total. The van der Waals surface area contributed by atoms with Crippen LogP contribution in [-0.4, -0.2) is 18.5 Å². The first kappa shape index (κ1) is 19.2. The molecule has 0 unspecified atom stereocenters. The van der Waals surface area contributed by atoms with E-state index in [0.717, 1.165) is 30.4 Å². The van der Waals surface area contributed by atoms with E-state index in [1.54, 1.807) is 0 Å². The fourth-order valence-corrected chi connectivity index (χ4v) is 2.25. The number of unbranched alkanes of at least 4 members (excludes halogenated alkanes) is 6. The maximum atomic E-state index is 11.6. The summed E-state index contributed by atoms with van der Waals surface area (Å²) in [7, 11) is 0. The predicted molar refractivity (Wildman–Crippen MR) is 92.0 cm³/mol. The predicted octanol–water partition coefficient (Wildman–Crippen LogP) is 3.91. The molecule has 1 aromatic rings. The molecule has 0 heterocycles. The average molecular weight is 319 g/mol. The molecular weight excluding hydrogens is 290 g/mol. The Bertz CT molecular complexity index is 468. The Balaban J connectivity index is 2.07. The lowest BCUT2D eigenvalue weighted by molar-refractivity contribution is -0.155. The van der Waals surface area contributed by atoms with Gasteiger partial charge < -0.3 is 10.1 Å². The Morgan fingerprint density at radius 2 is 1.57 bits per heavy atom. The van der Waals surface area contributed by atoms with E-state index >= 15 is 0 Å². The van der Waals surface area contributed by atoms with E-state index in [1.807, 2.05) is 31.2 Å². The molecule has 128 valence electrons. The van der Waals surface area contributed by atoms with Gasteiger partial charge in [0, 0.05) is 6.54 Å². The number of hydrogen-bond acceptors (Lipinski definition) is 3. The van der Waals surface area contributed by atoms with Gasteiger partial charge in [0.05, 0.1) is 6.61 Å². The molecule has 0 atom stereocenters. The number of esters is 1. The summed E-state index contributed by atoms with van der Waals surface area (Å²) in [5.74, 6) is -1.46. The molecule has 1 rings (SSSR count). The van der Waals surface area contributed by atoms with Crippen LogP contribution < -0.4 is 5.32 Å². The molecular formula is C19H29NO3. The van der Waals surface area contributed by atoms with Gasteiger partial charge in [-0.25, -0.2) is 4.79 Å². The summed E-state index contributed by atoms with van der Waals surface area (Å²) in [6.07, 6.45) is 8.07. The number of hydrogen-bond donors (Lipinski definition) is 1. The van der Waals surface area contributed by atoms with Crippen molar-refractivity contribution in [2.75, 3.05) is 6.61 Å². The first-order valence-electron chi connectivity index (χ1n) is 8.64. The van der Waals surface area contributed by atoms with Crippen LogP contribution in [0.3, 0.4) is 0 Å². The van der Waals surface area contributed by atoms with Crippen LogP contribution in [-0.2, 0) is 20.9 Å².